The summed E-state index contributed by atoms with van der Waals surface area (Å²) < 4.78 is 0. The second-order valence-electron chi connectivity index (χ2n) is 3.26. The summed E-state index contributed by atoms with van der Waals surface area (Å²) in [7, 11) is 0. The van der Waals surface area contributed by atoms with Gasteiger partial charge in [0.2, 0.25) is 6.29 Å². The topological polar surface area (TPSA) is 20.3 Å². The van der Waals surface area contributed by atoms with Crippen molar-refractivity contribution >= 4 is 6.29 Å². The molecule has 0 amide bonds. The molecule has 14 heavy (non-hydrogen) atoms. The van der Waals surface area contributed by atoms with Crippen LogP contribution in [0.4, 0.5) is 0 Å². The Morgan fingerprint density at radius 2 is 1.71 bits per heavy atom. The van der Waals surface area contributed by atoms with Gasteiger partial charge in [0, 0.05) is 12.1 Å². The molecule has 0 aliphatic rings. The number of carbonyl (C=O) groups excluding carboxylic acids is 1. The number of hydrogen-bond donors (Lipinski definition) is 0. The van der Waals surface area contributed by atoms with Gasteiger partial charge in [-0.3, -0.25) is 9.69 Å². The molecule has 0 saturated carbocycles. The minimum atomic E-state index is 0.619. The summed E-state index contributed by atoms with van der Waals surface area (Å²) in [5, 5.41) is 0. The van der Waals surface area contributed by atoms with E-state index in [1.165, 1.54) is 5.56 Å². The minimum absolute atomic E-state index is 0.619. The van der Waals surface area contributed by atoms with E-state index in [-0.39, 0.29) is 0 Å². The van der Waals surface area contributed by atoms with E-state index in [2.05, 4.69) is 18.7 Å². The van der Waals surface area contributed by atoms with Crippen molar-refractivity contribution in [2.24, 2.45) is 0 Å². The highest BCUT2D eigenvalue weighted by molar-refractivity contribution is 5.75. The molecule has 0 bridgehead atoms. The lowest BCUT2D eigenvalue weighted by Gasteiger charge is -2.17. The van der Waals surface area contributed by atoms with Crippen molar-refractivity contribution in [2.45, 2.75) is 20.4 Å². The summed E-state index contributed by atoms with van der Waals surface area (Å²) in [6.45, 7) is 7.36. The van der Waals surface area contributed by atoms with Crippen LogP contribution in [0.15, 0.2) is 24.3 Å². The fourth-order valence-electron chi connectivity index (χ4n) is 1.38. The van der Waals surface area contributed by atoms with Crippen LogP contribution in [0.25, 0.3) is 0 Å². The monoisotopic (exact) mass is 190 g/mol. The number of benzene rings is 1. The largest absolute Gasteiger partial charge is 0.300 e. The predicted molar refractivity (Wildman–Crippen MR) is 57.9 cm³/mol. The third-order valence-corrected chi connectivity index (χ3v) is 2.37. The van der Waals surface area contributed by atoms with E-state index in [0.29, 0.717) is 5.56 Å². The van der Waals surface area contributed by atoms with Gasteiger partial charge in [0.15, 0.2) is 0 Å². The number of hydrogen-bond acceptors (Lipinski definition) is 2. The average molecular weight is 190 g/mol. The Bertz CT molecular complexity index is 275. The number of rotatable bonds is 5. The van der Waals surface area contributed by atoms with Crippen molar-refractivity contribution in [3.8, 4) is 0 Å². The Hall–Kier alpha value is -1.15. The fourth-order valence-corrected chi connectivity index (χ4v) is 1.38. The summed E-state index contributed by atoms with van der Waals surface area (Å²) >= 11 is 0. The Balaban J connectivity index is 2.63. The molecule has 0 aromatic heterocycles. The standard InChI is InChI=1S/C12H16NO/c1-3-13(4-2)9-11-5-7-12(10-14)8-6-11/h5-8H,3-4,9H2,1-2H3. The molecule has 0 fully saturated rings. The first-order chi connectivity index (χ1) is 6.80. The molecule has 0 unspecified atom stereocenters. The van der Waals surface area contributed by atoms with Gasteiger partial charge in [-0.25, -0.2) is 0 Å². The highest BCUT2D eigenvalue weighted by Crippen LogP contribution is 2.05. The van der Waals surface area contributed by atoms with Crippen LogP contribution in [0.5, 0.6) is 0 Å². The normalized spacial score (nSPS) is 10.5. The van der Waals surface area contributed by atoms with E-state index >= 15 is 0 Å². The van der Waals surface area contributed by atoms with E-state index in [9.17, 15) is 4.79 Å². The second-order valence-corrected chi connectivity index (χ2v) is 3.26. The maximum absolute atomic E-state index is 10.3. The van der Waals surface area contributed by atoms with Crippen LogP contribution >= 0.6 is 0 Å². The van der Waals surface area contributed by atoms with Crippen molar-refractivity contribution < 1.29 is 4.79 Å². The van der Waals surface area contributed by atoms with Crippen molar-refractivity contribution in [1.29, 1.82) is 0 Å². The van der Waals surface area contributed by atoms with Crippen LogP contribution in [0.2, 0.25) is 0 Å². The highest BCUT2D eigenvalue weighted by atomic mass is 16.1. The van der Waals surface area contributed by atoms with Crippen molar-refractivity contribution in [1.82, 2.24) is 4.90 Å². The van der Waals surface area contributed by atoms with Gasteiger partial charge in [0.25, 0.3) is 0 Å². The maximum atomic E-state index is 10.3. The van der Waals surface area contributed by atoms with Gasteiger partial charge < -0.3 is 0 Å². The molecule has 2 heteroatoms. The zero-order valence-corrected chi connectivity index (χ0v) is 8.79. The lowest BCUT2D eigenvalue weighted by atomic mass is 10.1. The SMILES string of the molecule is CCN(CC)Cc1ccc([C]=O)cc1. The average Bonchev–Trinajstić information content (AvgIpc) is 2.26. The first-order valence-corrected chi connectivity index (χ1v) is 4.99. The second kappa shape index (κ2) is 5.55. The van der Waals surface area contributed by atoms with E-state index in [0.717, 1.165) is 19.6 Å². The van der Waals surface area contributed by atoms with Gasteiger partial charge in [-0.15, -0.1) is 0 Å². The zero-order valence-electron chi connectivity index (χ0n) is 8.79. The molecule has 0 saturated heterocycles. The molecule has 2 nitrogen and oxygen atoms in total. The van der Waals surface area contributed by atoms with Crippen LogP contribution < -0.4 is 0 Å². The Morgan fingerprint density at radius 3 is 2.14 bits per heavy atom. The van der Waals surface area contributed by atoms with Gasteiger partial charge in [-0.05, 0) is 18.7 Å². The third-order valence-electron chi connectivity index (χ3n) is 2.37. The lowest BCUT2D eigenvalue weighted by Crippen LogP contribution is -2.21. The molecule has 0 N–H and O–H groups in total. The van der Waals surface area contributed by atoms with Crippen LogP contribution in [-0.2, 0) is 11.3 Å². The van der Waals surface area contributed by atoms with Crippen LogP contribution in [0, 0.1) is 0 Å². The fraction of sp³-hybridized carbons (Fsp3) is 0.417. The van der Waals surface area contributed by atoms with Gasteiger partial charge in [-0.2, -0.15) is 0 Å². The molecule has 0 aliphatic heterocycles. The summed E-state index contributed by atoms with van der Waals surface area (Å²) in [5.41, 5.74) is 1.86. The molecule has 75 valence electrons. The summed E-state index contributed by atoms with van der Waals surface area (Å²) in [6.07, 6.45) is 1.87. The number of nitrogens with zero attached hydrogens (tertiary/aromatic N) is 1. The van der Waals surface area contributed by atoms with E-state index in [4.69, 9.17) is 0 Å². The smallest absolute Gasteiger partial charge is 0.233 e. The molecular weight excluding hydrogens is 174 g/mol. The van der Waals surface area contributed by atoms with Crippen molar-refractivity contribution in [3.05, 3.63) is 35.4 Å². The van der Waals surface area contributed by atoms with Gasteiger partial charge in [0.1, 0.15) is 0 Å². The van der Waals surface area contributed by atoms with Gasteiger partial charge in [0.05, 0.1) is 0 Å². The summed E-state index contributed by atoms with van der Waals surface area (Å²) in [6, 6.07) is 7.59. The van der Waals surface area contributed by atoms with Crippen LogP contribution in [0.1, 0.15) is 25.0 Å². The molecule has 0 aliphatic carbocycles. The summed E-state index contributed by atoms with van der Waals surface area (Å²) in [4.78, 5) is 12.6. The van der Waals surface area contributed by atoms with E-state index in [1.54, 1.807) is 0 Å². The maximum Gasteiger partial charge on any atom is 0.233 e. The van der Waals surface area contributed by atoms with Gasteiger partial charge >= 0.3 is 0 Å². The molecule has 1 radical (unpaired) electrons. The summed E-state index contributed by atoms with van der Waals surface area (Å²) in [5.74, 6) is 0. The van der Waals surface area contributed by atoms with Crippen molar-refractivity contribution in [2.75, 3.05) is 13.1 Å². The first-order valence-electron chi connectivity index (χ1n) is 4.99. The van der Waals surface area contributed by atoms with Crippen LogP contribution in [-0.4, -0.2) is 24.3 Å². The Labute approximate surface area is 85.5 Å². The molecule has 1 aromatic carbocycles. The third kappa shape index (κ3) is 2.96. The molecule has 0 heterocycles. The van der Waals surface area contributed by atoms with Crippen molar-refractivity contribution in [3.63, 3.8) is 0 Å². The van der Waals surface area contributed by atoms with Crippen LogP contribution in [0.3, 0.4) is 0 Å². The highest BCUT2D eigenvalue weighted by Gasteiger charge is 2.00. The predicted octanol–water partition coefficient (Wildman–Crippen LogP) is 1.99. The first kappa shape index (κ1) is 10.9. The lowest BCUT2D eigenvalue weighted by molar-refractivity contribution is 0.296. The molecular formula is C12H16NO. The minimum Gasteiger partial charge on any atom is -0.300 e. The van der Waals surface area contributed by atoms with E-state index < -0.39 is 0 Å². The Kier molecular flexibility index (Phi) is 4.33. The van der Waals surface area contributed by atoms with Gasteiger partial charge in [-0.1, -0.05) is 38.1 Å². The molecule has 1 rings (SSSR count). The quantitative estimate of drug-likeness (QED) is 0.707. The molecule has 0 atom stereocenters. The zero-order chi connectivity index (χ0) is 10.4. The Morgan fingerprint density at radius 1 is 1.14 bits per heavy atom. The van der Waals surface area contributed by atoms with E-state index in [1.807, 2.05) is 30.6 Å². The molecule has 0 spiro atoms. The molecule has 1 aromatic rings.